The van der Waals surface area contributed by atoms with Crippen molar-refractivity contribution < 1.29 is 4.79 Å². The van der Waals surface area contributed by atoms with Crippen LogP contribution in [0.5, 0.6) is 0 Å². The molecule has 158 valence electrons. The van der Waals surface area contributed by atoms with E-state index in [2.05, 4.69) is 27.3 Å². The quantitative estimate of drug-likeness (QED) is 0.500. The van der Waals surface area contributed by atoms with Gasteiger partial charge >= 0.3 is 0 Å². The van der Waals surface area contributed by atoms with E-state index < -0.39 is 0 Å². The van der Waals surface area contributed by atoms with Crippen LogP contribution >= 0.6 is 11.3 Å². The summed E-state index contributed by atoms with van der Waals surface area (Å²) in [6, 6.07) is 9.35. The van der Waals surface area contributed by atoms with Crippen LogP contribution in [0.15, 0.2) is 47.5 Å². The fourth-order valence-corrected chi connectivity index (χ4v) is 5.49. The summed E-state index contributed by atoms with van der Waals surface area (Å²) < 4.78 is 1.76. The molecule has 0 spiro atoms. The number of fused-ring (bicyclic) bond motifs is 3. The van der Waals surface area contributed by atoms with Gasteiger partial charge in [-0.25, -0.2) is 9.67 Å². The third kappa shape index (κ3) is 4.03. The summed E-state index contributed by atoms with van der Waals surface area (Å²) >= 11 is 1.63. The third-order valence-electron chi connectivity index (χ3n) is 5.72. The zero-order valence-corrected chi connectivity index (χ0v) is 18.0. The number of carbonyl (C=O) groups is 1. The lowest BCUT2D eigenvalue weighted by Crippen LogP contribution is -2.17. The highest BCUT2D eigenvalue weighted by Crippen LogP contribution is 2.35. The zero-order valence-electron chi connectivity index (χ0n) is 17.2. The average Bonchev–Trinajstić information content (AvgIpc) is 3.40. The minimum Gasteiger partial charge on any atom is -0.326 e. The molecule has 2 N–H and O–H groups in total. The highest BCUT2D eigenvalue weighted by Gasteiger charge is 2.23. The Labute approximate surface area is 183 Å². The molecule has 8 heteroatoms. The van der Waals surface area contributed by atoms with E-state index in [9.17, 15) is 9.59 Å². The van der Waals surface area contributed by atoms with Crippen LogP contribution in [-0.2, 0) is 24.1 Å². The maximum Gasteiger partial charge on any atom is 0.259 e. The number of hydrogen-bond acceptors (Lipinski definition) is 5. The molecule has 1 amide bonds. The Balaban J connectivity index is 1.25. The molecule has 31 heavy (non-hydrogen) atoms. The van der Waals surface area contributed by atoms with E-state index in [1.54, 1.807) is 22.2 Å². The van der Waals surface area contributed by atoms with Gasteiger partial charge in [-0.15, -0.1) is 11.3 Å². The molecule has 1 atom stereocenters. The van der Waals surface area contributed by atoms with Crippen LogP contribution in [0.2, 0.25) is 0 Å². The molecule has 4 aromatic rings. The van der Waals surface area contributed by atoms with Gasteiger partial charge in [-0.05, 0) is 61.1 Å². The number of aryl methyl sites for hydroxylation is 2. The van der Waals surface area contributed by atoms with Crippen LogP contribution in [0.4, 0.5) is 5.69 Å². The van der Waals surface area contributed by atoms with Gasteiger partial charge in [0.1, 0.15) is 10.7 Å². The molecule has 3 heterocycles. The predicted molar refractivity (Wildman–Crippen MR) is 122 cm³/mol. The van der Waals surface area contributed by atoms with Gasteiger partial charge in [-0.2, -0.15) is 5.10 Å². The number of carbonyl (C=O) groups excluding carboxylic acids is 1. The molecule has 7 nitrogen and oxygen atoms in total. The molecular weight excluding hydrogens is 410 g/mol. The molecule has 1 aliphatic carbocycles. The number of thiophene rings is 1. The van der Waals surface area contributed by atoms with Crippen molar-refractivity contribution >= 4 is 33.1 Å². The Morgan fingerprint density at radius 1 is 1.32 bits per heavy atom. The number of amides is 1. The van der Waals surface area contributed by atoms with E-state index >= 15 is 0 Å². The fourth-order valence-electron chi connectivity index (χ4n) is 4.09. The molecule has 1 aliphatic rings. The van der Waals surface area contributed by atoms with Crippen molar-refractivity contribution in [2.24, 2.45) is 5.92 Å². The topological polar surface area (TPSA) is 92.7 Å². The van der Waals surface area contributed by atoms with E-state index in [4.69, 9.17) is 0 Å². The average molecular weight is 434 g/mol. The first-order valence-corrected chi connectivity index (χ1v) is 11.3. The van der Waals surface area contributed by atoms with Crippen LogP contribution < -0.4 is 10.9 Å². The van der Waals surface area contributed by atoms with Crippen LogP contribution in [0.3, 0.4) is 0 Å². The second-order valence-electron chi connectivity index (χ2n) is 8.09. The van der Waals surface area contributed by atoms with Crippen molar-refractivity contribution in [2.75, 3.05) is 5.32 Å². The molecule has 0 fully saturated rings. The first-order chi connectivity index (χ1) is 15.1. The predicted octanol–water partition coefficient (Wildman–Crippen LogP) is 3.87. The molecule has 5 rings (SSSR count). The van der Waals surface area contributed by atoms with Crippen molar-refractivity contribution in [3.05, 3.63) is 69.3 Å². The number of H-pyrrole nitrogens is 1. The molecule has 3 aromatic heterocycles. The van der Waals surface area contributed by atoms with Crippen LogP contribution in [-0.4, -0.2) is 25.7 Å². The summed E-state index contributed by atoms with van der Waals surface area (Å²) in [5.74, 6) is 1.10. The van der Waals surface area contributed by atoms with Crippen molar-refractivity contribution in [1.29, 1.82) is 0 Å². The van der Waals surface area contributed by atoms with E-state index in [0.29, 0.717) is 18.2 Å². The smallest absolute Gasteiger partial charge is 0.259 e. The lowest BCUT2D eigenvalue weighted by atomic mass is 9.89. The SMILES string of the molecule is CC1CCc2c(sc3nc(CCC(=O)Nc4ccc(-n5cccn5)cc4)[nH]c(=O)c23)C1. The molecule has 0 aliphatic heterocycles. The number of hydrogen-bond donors (Lipinski definition) is 2. The van der Waals surface area contributed by atoms with Gasteiger partial charge < -0.3 is 10.3 Å². The standard InChI is InChI=1S/C23H23N5O2S/c1-14-3-8-17-18(13-14)31-23-21(17)22(30)26-19(27-23)9-10-20(29)25-15-4-6-16(7-5-15)28-12-2-11-24-28/h2,4-7,11-12,14H,3,8-10,13H2,1H3,(H,25,29)(H,26,27,30). The van der Waals surface area contributed by atoms with Crippen LogP contribution in [0.25, 0.3) is 15.9 Å². The molecule has 1 unspecified atom stereocenters. The van der Waals surface area contributed by atoms with Crippen molar-refractivity contribution in [1.82, 2.24) is 19.7 Å². The Bertz CT molecular complexity index is 1290. The second-order valence-corrected chi connectivity index (χ2v) is 9.17. The van der Waals surface area contributed by atoms with Gasteiger partial charge in [0.25, 0.3) is 5.56 Å². The highest BCUT2D eigenvalue weighted by atomic mass is 32.1. The normalized spacial score (nSPS) is 15.7. The monoisotopic (exact) mass is 433 g/mol. The maximum atomic E-state index is 12.7. The Hall–Kier alpha value is -3.26. The molecule has 0 saturated heterocycles. The van der Waals surface area contributed by atoms with Gasteiger partial charge in [0, 0.05) is 35.8 Å². The Morgan fingerprint density at radius 3 is 2.94 bits per heavy atom. The van der Waals surface area contributed by atoms with Crippen molar-refractivity contribution in [2.45, 2.75) is 39.0 Å². The fraction of sp³-hybridized carbons (Fsp3) is 0.304. The van der Waals surface area contributed by atoms with Crippen LogP contribution in [0, 0.1) is 5.92 Å². The van der Waals surface area contributed by atoms with E-state index in [1.165, 1.54) is 10.4 Å². The summed E-state index contributed by atoms with van der Waals surface area (Å²) in [7, 11) is 0. The number of benzene rings is 1. The summed E-state index contributed by atoms with van der Waals surface area (Å²) in [5, 5.41) is 7.83. The van der Waals surface area contributed by atoms with Gasteiger partial charge in [0.15, 0.2) is 0 Å². The van der Waals surface area contributed by atoms with Gasteiger partial charge in [-0.3, -0.25) is 9.59 Å². The first-order valence-electron chi connectivity index (χ1n) is 10.5. The Morgan fingerprint density at radius 2 is 2.16 bits per heavy atom. The zero-order chi connectivity index (χ0) is 21.4. The first kappa shape index (κ1) is 19.7. The second kappa shape index (κ2) is 8.11. The summed E-state index contributed by atoms with van der Waals surface area (Å²) in [6.07, 6.45) is 7.30. The maximum absolute atomic E-state index is 12.7. The molecular formula is C23H23N5O2S. The number of nitrogens with zero attached hydrogens (tertiary/aromatic N) is 3. The number of anilines is 1. The molecule has 0 radical (unpaired) electrons. The lowest BCUT2D eigenvalue weighted by molar-refractivity contribution is -0.116. The third-order valence-corrected chi connectivity index (χ3v) is 6.87. The number of aromatic amines is 1. The molecule has 1 aromatic carbocycles. The minimum atomic E-state index is -0.117. The van der Waals surface area contributed by atoms with Gasteiger partial charge in [0.2, 0.25) is 5.91 Å². The largest absolute Gasteiger partial charge is 0.326 e. The van der Waals surface area contributed by atoms with Gasteiger partial charge in [0.05, 0.1) is 11.1 Å². The molecule has 0 bridgehead atoms. The lowest BCUT2D eigenvalue weighted by Gasteiger charge is -2.17. The van der Waals surface area contributed by atoms with E-state index in [0.717, 1.165) is 40.9 Å². The summed E-state index contributed by atoms with van der Waals surface area (Å²) in [5.41, 5.74) is 2.74. The number of rotatable bonds is 5. The van der Waals surface area contributed by atoms with Crippen molar-refractivity contribution in [3.63, 3.8) is 0 Å². The molecule has 0 saturated carbocycles. The number of aromatic nitrogens is 4. The highest BCUT2D eigenvalue weighted by molar-refractivity contribution is 7.18. The van der Waals surface area contributed by atoms with Crippen LogP contribution in [0.1, 0.15) is 36.0 Å². The van der Waals surface area contributed by atoms with E-state index in [-0.39, 0.29) is 17.9 Å². The number of nitrogens with one attached hydrogen (secondary N) is 2. The van der Waals surface area contributed by atoms with Crippen molar-refractivity contribution in [3.8, 4) is 5.69 Å². The van der Waals surface area contributed by atoms with Gasteiger partial charge in [-0.1, -0.05) is 6.92 Å². The summed E-state index contributed by atoms with van der Waals surface area (Å²) in [6.45, 7) is 2.25. The van der Waals surface area contributed by atoms with E-state index in [1.807, 2.05) is 36.5 Å². The Kier molecular flexibility index (Phi) is 5.15. The summed E-state index contributed by atoms with van der Waals surface area (Å²) in [4.78, 5) is 34.7. The minimum absolute atomic E-state index is 0.0818.